The summed E-state index contributed by atoms with van der Waals surface area (Å²) < 4.78 is 0. The number of hydrazine groups is 1. The summed E-state index contributed by atoms with van der Waals surface area (Å²) in [5, 5.41) is 17.7. The highest BCUT2D eigenvalue weighted by atomic mass is 16.1. The van der Waals surface area contributed by atoms with Crippen LogP contribution in [0, 0.1) is 10.8 Å². The van der Waals surface area contributed by atoms with Crippen molar-refractivity contribution in [1.82, 2.24) is 26.8 Å². The third kappa shape index (κ3) is 6.20. The van der Waals surface area contributed by atoms with Crippen LogP contribution in [0.3, 0.4) is 0 Å². The van der Waals surface area contributed by atoms with E-state index in [-0.39, 0.29) is 30.5 Å². The number of amidine groups is 1. The van der Waals surface area contributed by atoms with Crippen LogP contribution in [0.15, 0.2) is 28.9 Å². The highest BCUT2D eigenvalue weighted by molar-refractivity contribution is 5.99. The van der Waals surface area contributed by atoms with Crippen LogP contribution < -0.4 is 38.3 Å². The van der Waals surface area contributed by atoms with Crippen LogP contribution in [-0.4, -0.2) is 61.4 Å². The van der Waals surface area contributed by atoms with Gasteiger partial charge < -0.3 is 32.4 Å². The number of hydrogen-bond acceptors (Lipinski definition) is 10. The van der Waals surface area contributed by atoms with Gasteiger partial charge in [-0.1, -0.05) is 6.08 Å². The lowest BCUT2D eigenvalue weighted by Gasteiger charge is -2.39. The molecular formula is C21H37N9O. The molecule has 0 spiro atoms. The molecule has 0 aromatic carbocycles. The molecule has 0 bridgehead atoms. The van der Waals surface area contributed by atoms with Crippen molar-refractivity contribution < 1.29 is 4.79 Å². The third-order valence-corrected chi connectivity index (χ3v) is 6.26. The van der Waals surface area contributed by atoms with Gasteiger partial charge in [0.1, 0.15) is 12.1 Å². The lowest BCUT2D eigenvalue weighted by molar-refractivity contribution is -0.112. The molecule has 1 aliphatic heterocycles. The number of allylic oxidation sites excluding steroid dienone is 1. The zero-order chi connectivity index (χ0) is 22.4. The number of hydrogen-bond donors (Lipinski definition) is 8. The van der Waals surface area contributed by atoms with E-state index in [0.29, 0.717) is 18.4 Å². The molecule has 10 nitrogen and oxygen atoms in total. The SMILES string of the molecule is CC(C=N)NNC1=CC(NC2CCC(NC3N=C(N)C(C)(C=O)CN3)C(N)C2)CC=C1. The first-order valence-corrected chi connectivity index (χ1v) is 11.0. The molecule has 10 heteroatoms. The van der Waals surface area contributed by atoms with Crippen molar-refractivity contribution in [3.8, 4) is 0 Å². The summed E-state index contributed by atoms with van der Waals surface area (Å²) in [6, 6.07) is 0.700. The average molecular weight is 432 g/mol. The van der Waals surface area contributed by atoms with Crippen molar-refractivity contribution in [2.24, 2.45) is 21.9 Å². The van der Waals surface area contributed by atoms with E-state index in [1.807, 2.05) is 13.0 Å². The van der Waals surface area contributed by atoms with Crippen LogP contribution in [0.5, 0.6) is 0 Å². The molecule has 7 unspecified atom stereocenters. The van der Waals surface area contributed by atoms with Gasteiger partial charge in [0.15, 0.2) is 6.29 Å². The van der Waals surface area contributed by atoms with E-state index < -0.39 is 5.41 Å². The van der Waals surface area contributed by atoms with E-state index in [0.717, 1.165) is 37.7 Å². The van der Waals surface area contributed by atoms with Gasteiger partial charge in [-0.2, -0.15) is 0 Å². The number of carbonyl (C=O) groups excluding carboxylic acids is 1. The van der Waals surface area contributed by atoms with Crippen molar-refractivity contribution in [2.45, 2.75) is 76.0 Å². The van der Waals surface area contributed by atoms with Crippen LogP contribution in [0.1, 0.15) is 39.5 Å². The van der Waals surface area contributed by atoms with Gasteiger partial charge in [0.2, 0.25) is 0 Å². The number of nitrogens with zero attached hydrogens (tertiary/aromatic N) is 1. The fourth-order valence-corrected chi connectivity index (χ4v) is 4.12. The second kappa shape index (κ2) is 10.5. The van der Waals surface area contributed by atoms with Gasteiger partial charge in [-0.25, -0.2) is 10.4 Å². The fraction of sp³-hybridized carbons (Fsp3) is 0.667. The first kappa shape index (κ1) is 23.6. The third-order valence-electron chi connectivity index (χ3n) is 6.26. The summed E-state index contributed by atoms with van der Waals surface area (Å²) in [5.74, 6) is 0.355. The molecule has 3 rings (SSSR count). The number of nitrogens with one attached hydrogen (secondary N) is 6. The maximum Gasteiger partial charge on any atom is 0.155 e. The number of nitrogens with two attached hydrogens (primary N) is 2. The fourth-order valence-electron chi connectivity index (χ4n) is 4.12. The summed E-state index contributed by atoms with van der Waals surface area (Å²) in [5.41, 5.74) is 19.0. The van der Waals surface area contributed by atoms with Crippen LogP contribution in [0.25, 0.3) is 0 Å². The van der Waals surface area contributed by atoms with Gasteiger partial charge in [0, 0.05) is 42.6 Å². The molecule has 172 valence electrons. The van der Waals surface area contributed by atoms with Crippen molar-refractivity contribution in [2.75, 3.05) is 6.54 Å². The zero-order valence-electron chi connectivity index (χ0n) is 18.4. The van der Waals surface area contributed by atoms with Gasteiger partial charge in [-0.3, -0.25) is 10.6 Å². The monoisotopic (exact) mass is 431 g/mol. The van der Waals surface area contributed by atoms with Gasteiger partial charge >= 0.3 is 0 Å². The summed E-state index contributed by atoms with van der Waals surface area (Å²) in [7, 11) is 0. The Hall–Kier alpha value is -2.11. The second-order valence-corrected chi connectivity index (χ2v) is 9.04. The Kier molecular flexibility index (Phi) is 7.95. The predicted molar refractivity (Wildman–Crippen MR) is 123 cm³/mol. The number of carbonyl (C=O) groups is 1. The highest BCUT2D eigenvalue weighted by Gasteiger charge is 2.36. The summed E-state index contributed by atoms with van der Waals surface area (Å²) in [6.07, 6.45) is 12.0. The molecule has 1 saturated carbocycles. The highest BCUT2D eigenvalue weighted by Crippen LogP contribution is 2.22. The Morgan fingerprint density at radius 3 is 2.87 bits per heavy atom. The quantitative estimate of drug-likeness (QED) is 0.134. The van der Waals surface area contributed by atoms with Crippen LogP contribution in [-0.2, 0) is 4.79 Å². The van der Waals surface area contributed by atoms with E-state index in [4.69, 9.17) is 16.9 Å². The van der Waals surface area contributed by atoms with Crippen LogP contribution >= 0.6 is 0 Å². The van der Waals surface area contributed by atoms with Gasteiger partial charge in [-0.05, 0) is 51.7 Å². The van der Waals surface area contributed by atoms with Crippen LogP contribution in [0.2, 0.25) is 0 Å². The molecule has 3 aliphatic rings. The van der Waals surface area contributed by atoms with Crippen molar-refractivity contribution >= 4 is 18.3 Å². The normalized spacial score (nSPS) is 36.8. The lowest BCUT2D eigenvalue weighted by atomic mass is 9.86. The Labute approximate surface area is 184 Å². The Balaban J connectivity index is 1.47. The molecule has 2 aliphatic carbocycles. The minimum Gasteiger partial charge on any atom is -0.387 e. The van der Waals surface area contributed by atoms with E-state index >= 15 is 0 Å². The second-order valence-electron chi connectivity index (χ2n) is 9.04. The summed E-state index contributed by atoms with van der Waals surface area (Å²) in [4.78, 5) is 15.7. The van der Waals surface area contributed by atoms with Gasteiger partial charge in [0.25, 0.3) is 0 Å². The van der Waals surface area contributed by atoms with E-state index in [9.17, 15) is 4.79 Å². The van der Waals surface area contributed by atoms with Crippen molar-refractivity contribution in [3.63, 3.8) is 0 Å². The number of aldehydes is 1. The maximum atomic E-state index is 11.3. The number of rotatable bonds is 9. The molecule has 0 radical (unpaired) electrons. The maximum absolute atomic E-state index is 11.3. The Morgan fingerprint density at radius 1 is 1.39 bits per heavy atom. The Bertz CT molecular complexity index is 736. The largest absolute Gasteiger partial charge is 0.387 e. The van der Waals surface area contributed by atoms with E-state index in [2.05, 4.69) is 43.9 Å². The molecule has 10 N–H and O–H groups in total. The predicted octanol–water partition coefficient (Wildman–Crippen LogP) is -0.792. The first-order chi connectivity index (χ1) is 14.8. The van der Waals surface area contributed by atoms with Gasteiger partial charge in [0.05, 0.1) is 11.5 Å². The molecule has 1 fully saturated rings. The summed E-state index contributed by atoms with van der Waals surface area (Å²) >= 11 is 0. The molecule has 0 saturated heterocycles. The molecule has 1 heterocycles. The minimum absolute atomic E-state index is 0.000305. The van der Waals surface area contributed by atoms with Crippen molar-refractivity contribution in [1.29, 1.82) is 5.41 Å². The first-order valence-electron chi connectivity index (χ1n) is 11.0. The van der Waals surface area contributed by atoms with E-state index in [1.54, 1.807) is 6.92 Å². The lowest BCUT2D eigenvalue weighted by Crippen LogP contribution is -2.62. The van der Waals surface area contributed by atoms with Crippen molar-refractivity contribution in [3.05, 3.63) is 23.9 Å². The zero-order valence-corrected chi connectivity index (χ0v) is 18.4. The topological polar surface area (TPSA) is 165 Å². The average Bonchev–Trinajstić information content (AvgIpc) is 2.77. The standard InChI is InChI=1S/C21H37N9O/c1-13(10-22)29-30-16-5-3-4-14(8-16)26-15-6-7-18(17(23)9-15)27-20-25-11-21(2,12-31)19(24)28-20/h3,5,8,10,12-15,17-18,20,22,25-27,29-30H,4,6-7,9,11,23H2,1-2H3,(H2,24,28). The van der Waals surface area contributed by atoms with Crippen LogP contribution in [0.4, 0.5) is 0 Å². The summed E-state index contributed by atoms with van der Waals surface area (Å²) in [6.45, 7) is 4.16. The molecule has 0 amide bonds. The van der Waals surface area contributed by atoms with E-state index in [1.165, 1.54) is 6.21 Å². The number of aliphatic imine (C=N–C) groups is 1. The molecule has 31 heavy (non-hydrogen) atoms. The molecular weight excluding hydrogens is 394 g/mol. The Morgan fingerprint density at radius 2 is 2.19 bits per heavy atom. The molecule has 0 aromatic rings. The minimum atomic E-state index is -0.745. The molecule has 7 atom stereocenters. The smallest absolute Gasteiger partial charge is 0.155 e. The van der Waals surface area contributed by atoms with Gasteiger partial charge in [-0.15, -0.1) is 0 Å². The molecule has 0 aromatic heterocycles.